The fourth-order valence-electron chi connectivity index (χ4n) is 1.98. The summed E-state index contributed by atoms with van der Waals surface area (Å²) in [6.45, 7) is 3.26. The number of anilines is 1. The van der Waals surface area contributed by atoms with E-state index in [9.17, 15) is 13.2 Å². The summed E-state index contributed by atoms with van der Waals surface area (Å²) in [5, 5.41) is 3.66. The number of sulfonamides is 1. The van der Waals surface area contributed by atoms with Crippen molar-refractivity contribution < 1.29 is 13.2 Å². The van der Waals surface area contributed by atoms with E-state index in [1.807, 2.05) is 0 Å². The molecule has 2 aromatic carbocycles. The Kier molecular flexibility index (Phi) is 5.87. The second-order valence-electron chi connectivity index (χ2n) is 5.25. The quantitative estimate of drug-likeness (QED) is 0.823. The lowest BCUT2D eigenvalue weighted by Gasteiger charge is -2.15. The Labute approximate surface area is 151 Å². The van der Waals surface area contributed by atoms with Crippen LogP contribution in [0.3, 0.4) is 0 Å². The van der Waals surface area contributed by atoms with E-state index in [2.05, 4.69) is 10.0 Å². The summed E-state index contributed by atoms with van der Waals surface area (Å²) in [5.41, 5.74) is 1.35. The summed E-state index contributed by atoms with van der Waals surface area (Å²) < 4.78 is 26.9. The molecule has 0 heterocycles. The Morgan fingerprint density at radius 2 is 1.62 bits per heavy atom. The number of amides is 1. The maximum absolute atomic E-state index is 12.3. The number of carbonyl (C=O) groups is 1. The molecule has 2 N–H and O–H groups in total. The normalized spacial score (nSPS) is 12.7. The van der Waals surface area contributed by atoms with Crippen LogP contribution in [0.4, 0.5) is 5.69 Å². The Balaban J connectivity index is 2.09. The van der Waals surface area contributed by atoms with Crippen molar-refractivity contribution in [1.82, 2.24) is 4.72 Å². The third kappa shape index (κ3) is 4.70. The molecule has 0 radical (unpaired) electrons. The number of carbonyl (C=O) groups excluding carboxylic acids is 1. The highest BCUT2D eigenvalue weighted by Gasteiger charge is 2.22. The zero-order valence-corrected chi connectivity index (χ0v) is 15.3. The van der Waals surface area contributed by atoms with Crippen LogP contribution in [0.1, 0.15) is 12.5 Å². The average molecular weight is 387 g/mol. The van der Waals surface area contributed by atoms with Gasteiger partial charge in [0.25, 0.3) is 0 Å². The van der Waals surface area contributed by atoms with Crippen molar-refractivity contribution in [3.63, 3.8) is 0 Å². The Bertz CT molecular complexity index is 852. The lowest BCUT2D eigenvalue weighted by Crippen LogP contribution is -2.41. The number of benzene rings is 2. The van der Waals surface area contributed by atoms with Crippen molar-refractivity contribution in [3.8, 4) is 0 Å². The molecule has 2 aromatic rings. The van der Waals surface area contributed by atoms with E-state index < -0.39 is 22.0 Å². The maximum atomic E-state index is 12.3. The van der Waals surface area contributed by atoms with E-state index in [1.54, 1.807) is 25.1 Å². The first-order valence-corrected chi connectivity index (χ1v) is 9.28. The van der Waals surface area contributed by atoms with E-state index in [-0.39, 0.29) is 4.90 Å². The van der Waals surface area contributed by atoms with Crippen LogP contribution < -0.4 is 10.0 Å². The van der Waals surface area contributed by atoms with E-state index in [0.717, 1.165) is 5.56 Å². The number of hydrogen-bond acceptors (Lipinski definition) is 3. The topological polar surface area (TPSA) is 75.3 Å². The van der Waals surface area contributed by atoms with Crippen molar-refractivity contribution in [2.45, 2.75) is 24.8 Å². The minimum absolute atomic E-state index is 0.0363. The predicted molar refractivity (Wildman–Crippen MR) is 96.1 cm³/mol. The van der Waals surface area contributed by atoms with E-state index in [1.165, 1.54) is 31.2 Å². The Morgan fingerprint density at radius 1 is 1.04 bits per heavy atom. The molecule has 0 bridgehead atoms. The summed E-state index contributed by atoms with van der Waals surface area (Å²) in [7, 11) is -3.82. The first-order valence-electron chi connectivity index (χ1n) is 7.04. The zero-order valence-electron chi connectivity index (χ0n) is 13.0. The molecule has 1 atom stereocenters. The van der Waals surface area contributed by atoms with Gasteiger partial charge >= 0.3 is 0 Å². The highest BCUT2D eigenvalue weighted by molar-refractivity contribution is 7.89. The fraction of sp³-hybridized carbons (Fsp3) is 0.188. The van der Waals surface area contributed by atoms with Gasteiger partial charge in [-0.2, -0.15) is 4.72 Å². The largest absolute Gasteiger partial charge is 0.324 e. The molecular formula is C16H16Cl2N2O3S. The van der Waals surface area contributed by atoms with Crippen LogP contribution >= 0.6 is 23.2 Å². The first-order chi connectivity index (χ1) is 11.2. The molecule has 0 saturated heterocycles. The monoisotopic (exact) mass is 386 g/mol. The van der Waals surface area contributed by atoms with Gasteiger partial charge in [0, 0.05) is 15.7 Å². The third-order valence-corrected chi connectivity index (χ3v) is 5.34. The minimum atomic E-state index is -3.82. The summed E-state index contributed by atoms with van der Waals surface area (Å²) in [6.07, 6.45) is 0. The molecule has 8 heteroatoms. The number of rotatable bonds is 5. The molecular weight excluding hydrogens is 371 g/mol. The summed E-state index contributed by atoms with van der Waals surface area (Å²) in [5.74, 6) is -0.474. The molecule has 0 unspecified atom stereocenters. The second-order valence-corrected chi connectivity index (χ2v) is 7.83. The van der Waals surface area contributed by atoms with Gasteiger partial charge in [-0.3, -0.25) is 4.79 Å². The van der Waals surface area contributed by atoms with Crippen molar-refractivity contribution >= 4 is 44.8 Å². The highest BCUT2D eigenvalue weighted by atomic mass is 35.5. The van der Waals surface area contributed by atoms with E-state index in [4.69, 9.17) is 23.2 Å². The van der Waals surface area contributed by atoms with Gasteiger partial charge in [0.1, 0.15) is 0 Å². The molecule has 0 spiro atoms. The molecule has 24 heavy (non-hydrogen) atoms. The van der Waals surface area contributed by atoms with Crippen LogP contribution in [-0.4, -0.2) is 20.4 Å². The number of hydrogen-bond donors (Lipinski definition) is 2. The molecule has 5 nitrogen and oxygen atoms in total. The molecule has 0 aliphatic rings. The summed E-state index contributed by atoms with van der Waals surface area (Å²) in [4.78, 5) is 12.3. The molecule has 0 aromatic heterocycles. The highest BCUT2D eigenvalue weighted by Crippen LogP contribution is 2.20. The van der Waals surface area contributed by atoms with Gasteiger partial charge in [-0.15, -0.1) is 0 Å². The molecule has 2 rings (SSSR count). The lowest BCUT2D eigenvalue weighted by atomic mass is 10.2. The van der Waals surface area contributed by atoms with Gasteiger partial charge in [-0.25, -0.2) is 8.42 Å². The number of halogens is 2. The van der Waals surface area contributed by atoms with Gasteiger partial charge in [-0.1, -0.05) is 23.2 Å². The van der Waals surface area contributed by atoms with E-state index in [0.29, 0.717) is 15.7 Å². The van der Waals surface area contributed by atoms with Crippen molar-refractivity contribution in [2.24, 2.45) is 0 Å². The lowest BCUT2D eigenvalue weighted by molar-refractivity contribution is -0.117. The molecule has 0 aliphatic heterocycles. The van der Waals surface area contributed by atoms with Crippen LogP contribution in [0.25, 0.3) is 0 Å². The molecule has 0 aliphatic carbocycles. The number of aryl methyl sites for hydroxylation is 1. The average Bonchev–Trinajstić information content (AvgIpc) is 2.50. The predicted octanol–water partition coefficient (Wildman–Crippen LogP) is 3.61. The van der Waals surface area contributed by atoms with Crippen molar-refractivity contribution in [3.05, 3.63) is 58.1 Å². The van der Waals surface area contributed by atoms with Crippen molar-refractivity contribution in [2.75, 3.05) is 5.32 Å². The molecule has 0 fully saturated rings. The first kappa shape index (κ1) is 18.7. The third-order valence-electron chi connectivity index (χ3n) is 3.30. The number of nitrogens with one attached hydrogen (secondary N) is 2. The van der Waals surface area contributed by atoms with Gasteiger partial charge < -0.3 is 5.32 Å². The zero-order chi connectivity index (χ0) is 17.9. The minimum Gasteiger partial charge on any atom is -0.324 e. The fourth-order valence-corrected chi connectivity index (χ4v) is 3.53. The standard InChI is InChI=1S/C16H16Cl2N2O3S/c1-10-9-13(18)5-8-15(10)19-16(21)11(2)20-24(22,23)14-6-3-12(17)4-7-14/h3-9,11,20H,1-2H3,(H,19,21)/t11-/m1/s1. The molecule has 1 amide bonds. The summed E-state index contributed by atoms with van der Waals surface area (Å²) >= 11 is 11.6. The molecule has 128 valence electrons. The SMILES string of the molecule is Cc1cc(Cl)ccc1NC(=O)[C@@H](C)NS(=O)(=O)c1ccc(Cl)cc1. The maximum Gasteiger partial charge on any atom is 0.242 e. The van der Waals surface area contributed by atoms with Crippen LogP contribution in [-0.2, 0) is 14.8 Å². The van der Waals surface area contributed by atoms with Crippen LogP contribution in [0, 0.1) is 6.92 Å². The Morgan fingerprint density at radius 3 is 2.21 bits per heavy atom. The summed E-state index contributed by atoms with van der Waals surface area (Å²) in [6, 6.07) is 9.75. The van der Waals surface area contributed by atoms with Gasteiger partial charge in [0.05, 0.1) is 10.9 Å². The second kappa shape index (κ2) is 7.53. The van der Waals surface area contributed by atoms with Gasteiger partial charge in [0.2, 0.25) is 15.9 Å². The Hall–Kier alpha value is -1.60. The van der Waals surface area contributed by atoms with Crippen LogP contribution in [0.5, 0.6) is 0 Å². The van der Waals surface area contributed by atoms with E-state index >= 15 is 0 Å². The smallest absolute Gasteiger partial charge is 0.242 e. The van der Waals surface area contributed by atoms with Crippen LogP contribution in [0.15, 0.2) is 47.4 Å². The van der Waals surface area contributed by atoms with Crippen LogP contribution in [0.2, 0.25) is 10.0 Å². The van der Waals surface area contributed by atoms with Gasteiger partial charge in [-0.05, 0) is 61.9 Å². The van der Waals surface area contributed by atoms with Crippen molar-refractivity contribution in [1.29, 1.82) is 0 Å². The van der Waals surface area contributed by atoms with Gasteiger partial charge in [0.15, 0.2) is 0 Å². The molecule has 0 saturated carbocycles.